The van der Waals surface area contributed by atoms with Crippen LogP contribution in [-0.2, 0) is 4.79 Å². The van der Waals surface area contributed by atoms with Gasteiger partial charge in [-0.15, -0.1) is 0 Å². The molecule has 0 aliphatic rings. The molecule has 0 aliphatic heterocycles. The Morgan fingerprint density at radius 2 is 2.09 bits per heavy atom. The van der Waals surface area contributed by atoms with E-state index in [4.69, 9.17) is 9.84 Å². The number of aromatic nitrogens is 1. The van der Waals surface area contributed by atoms with E-state index in [1.165, 1.54) is 30.5 Å². The van der Waals surface area contributed by atoms with Gasteiger partial charge in [0.05, 0.1) is 11.0 Å². The second-order valence-electron chi connectivity index (χ2n) is 4.37. The summed E-state index contributed by atoms with van der Waals surface area (Å²) in [5.41, 5.74) is 0.251. The maximum Gasteiger partial charge on any atom is 0.296 e. The van der Waals surface area contributed by atoms with Crippen molar-refractivity contribution in [3.8, 4) is 11.5 Å². The Hall–Kier alpha value is -3.20. The first kappa shape index (κ1) is 16.2. The van der Waals surface area contributed by atoms with Crippen molar-refractivity contribution < 1.29 is 19.6 Å². The highest BCUT2D eigenvalue weighted by Gasteiger charge is 2.14. The highest BCUT2D eigenvalue weighted by atomic mass is 16.6. The minimum absolute atomic E-state index is 0.118. The fraction of sp³-hybridized carbons (Fsp3) is 0.143. The fourth-order valence-electron chi connectivity index (χ4n) is 1.80. The molecule has 1 aromatic heterocycles. The maximum absolute atomic E-state index is 11.1. The average Bonchev–Trinajstić information content (AvgIpc) is 2.55. The monoisotopic (exact) mass is 318 g/mol. The van der Waals surface area contributed by atoms with Gasteiger partial charge in [-0.3, -0.25) is 14.9 Å². The minimum Gasteiger partial charge on any atom is -0.457 e. The topological polar surface area (TPSA) is 127 Å². The molecular formula is C14H14N4O5. The van der Waals surface area contributed by atoms with Crippen LogP contribution < -0.4 is 15.4 Å². The Labute approximate surface area is 131 Å². The van der Waals surface area contributed by atoms with Gasteiger partial charge in [0.1, 0.15) is 29.6 Å². The van der Waals surface area contributed by atoms with E-state index in [2.05, 4.69) is 15.6 Å². The maximum atomic E-state index is 11.1. The third kappa shape index (κ3) is 4.14. The molecule has 2 aromatic rings. The van der Waals surface area contributed by atoms with Crippen LogP contribution in [0.2, 0.25) is 0 Å². The number of hydrogen-bond acceptors (Lipinski definition) is 7. The lowest BCUT2D eigenvalue weighted by molar-refractivity contribution is -0.384. The van der Waals surface area contributed by atoms with Gasteiger partial charge in [-0.2, -0.15) is 0 Å². The van der Waals surface area contributed by atoms with Gasteiger partial charge in [0.25, 0.3) is 11.6 Å². The van der Waals surface area contributed by atoms with Crippen molar-refractivity contribution in [3.05, 3.63) is 46.6 Å². The van der Waals surface area contributed by atoms with Gasteiger partial charge >= 0.3 is 0 Å². The lowest BCUT2D eigenvalue weighted by Gasteiger charge is -2.09. The summed E-state index contributed by atoms with van der Waals surface area (Å²) in [6.45, 7) is -0.662. The molecule has 0 bridgehead atoms. The molecule has 1 aromatic carbocycles. The molecule has 9 nitrogen and oxygen atoms in total. The summed E-state index contributed by atoms with van der Waals surface area (Å²) in [5, 5.41) is 24.8. The Morgan fingerprint density at radius 1 is 1.35 bits per heavy atom. The molecule has 120 valence electrons. The van der Waals surface area contributed by atoms with E-state index in [1.807, 2.05) is 0 Å². The van der Waals surface area contributed by atoms with Gasteiger partial charge in [0, 0.05) is 19.3 Å². The third-order valence-corrected chi connectivity index (χ3v) is 2.81. The second kappa shape index (κ2) is 7.18. The van der Waals surface area contributed by atoms with Gasteiger partial charge in [-0.05, 0) is 18.2 Å². The zero-order chi connectivity index (χ0) is 16.8. The van der Waals surface area contributed by atoms with Crippen molar-refractivity contribution in [1.29, 1.82) is 0 Å². The van der Waals surface area contributed by atoms with Crippen molar-refractivity contribution in [2.45, 2.75) is 0 Å². The molecular weight excluding hydrogens is 304 g/mol. The first-order chi connectivity index (χ1) is 11.0. The van der Waals surface area contributed by atoms with E-state index in [0.717, 1.165) is 0 Å². The molecule has 0 aliphatic carbocycles. The Kier molecular flexibility index (Phi) is 5.05. The van der Waals surface area contributed by atoms with E-state index >= 15 is 0 Å². The number of aliphatic hydroxyl groups is 1. The van der Waals surface area contributed by atoms with Gasteiger partial charge in [-0.25, -0.2) is 4.98 Å². The average molecular weight is 318 g/mol. The van der Waals surface area contributed by atoms with E-state index in [-0.39, 0.29) is 17.3 Å². The Morgan fingerprint density at radius 3 is 2.74 bits per heavy atom. The van der Waals surface area contributed by atoms with Crippen molar-refractivity contribution in [1.82, 2.24) is 4.98 Å². The SMILES string of the molecule is CNc1ccc(Oc2ccnc(NC(=O)CO)c2)cc1[N+](=O)[O-]. The zero-order valence-electron chi connectivity index (χ0n) is 12.1. The van der Waals surface area contributed by atoms with Crippen LogP contribution >= 0.6 is 0 Å². The number of aliphatic hydroxyl groups excluding tert-OH is 1. The highest BCUT2D eigenvalue weighted by molar-refractivity contribution is 5.90. The van der Waals surface area contributed by atoms with Gasteiger partial charge in [-0.1, -0.05) is 0 Å². The molecule has 0 atom stereocenters. The van der Waals surface area contributed by atoms with Crippen LogP contribution in [0.1, 0.15) is 0 Å². The molecule has 23 heavy (non-hydrogen) atoms. The number of anilines is 2. The van der Waals surface area contributed by atoms with E-state index in [0.29, 0.717) is 11.4 Å². The number of carbonyl (C=O) groups excluding carboxylic acids is 1. The standard InChI is InChI=1S/C14H14N4O5/c1-15-11-3-2-9(6-12(11)18(21)22)23-10-4-5-16-13(7-10)17-14(20)8-19/h2-7,15,19H,8H2,1H3,(H,16,17,20). The second-order valence-corrected chi connectivity index (χ2v) is 4.37. The summed E-state index contributed by atoms with van der Waals surface area (Å²) in [7, 11) is 1.59. The molecule has 0 unspecified atom stereocenters. The van der Waals surface area contributed by atoms with E-state index < -0.39 is 17.4 Å². The fourth-order valence-corrected chi connectivity index (χ4v) is 1.80. The molecule has 0 spiro atoms. The van der Waals surface area contributed by atoms with E-state index in [9.17, 15) is 14.9 Å². The zero-order valence-corrected chi connectivity index (χ0v) is 12.1. The minimum atomic E-state index is -0.662. The third-order valence-electron chi connectivity index (χ3n) is 2.81. The molecule has 0 saturated heterocycles. The Bertz CT molecular complexity index is 735. The number of ether oxygens (including phenoxy) is 1. The smallest absolute Gasteiger partial charge is 0.296 e. The van der Waals surface area contributed by atoms with Crippen LogP contribution in [0.25, 0.3) is 0 Å². The molecule has 0 saturated carbocycles. The summed E-state index contributed by atoms with van der Waals surface area (Å²) in [6.07, 6.45) is 1.40. The molecule has 0 radical (unpaired) electrons. The lowest BCUT2D eigenvalue weighted by atomic mass is 10.2. The number of pyridine rings is 1. The van der Waals surface area contributed by atoms with Crippen LogP contribution in [-0.4, -0.2) is 34.6 Å². The van der Waals surface area contributed by atoms with Gasteiger partial charge < -0.3 is 20.5 Å². The summed E-state index contributed by atoms with van der Waals surface area (Å²) in [6, 6.07) is 7.37. The Balaban J connectivity index is 2.22. The van der Waals surface area contributed by atoms with Crippen LogP contribution in [0.5, 0.6) is 11.5 Å². The number of benzene rings is 1. The largest absolute Gasteiger partial charge is 0.457 e. The van der Waals surface area contributed by atoms with Crippen molar-refractivity contribution in [2.24, 2.45) is 0 Å². The van der Waals surface area contributed by atoms with Gasteiger partial charge in [0.2, 0.25) is 0 Å². The van der Waals surface area contributed by atoms with Crippen LogP contribution in [0.3, 0.4) is 0 Å². The number of nitro groups is 1. The van der Waals surface area contributed by atoms with Crippen LogP contribution in [0, 0.1) is 10.1 Å². The number of nitrogens with one attached hydrogen (secondary N) is 2. The quantitative estimate of drug-likeness (QED) is 0.547. The number of nitro benzene ring substituents is 1. The summed E-state index contributed by atoms with van der Waals surface area (Å²) in [4.78, 5) is 25.5. The predicted octanol–water partition coefficient (Wildman–Crippen LogP) is 1.75. The lowest BCUT2D eigenvalue weighted by Crippen LogP contribution is -2.16. The molecule has 9 heteroatoms. The van der Waals surface area contributed by atoms with Crippen LogP contribution in [0.4, 0.5) is 17.2 Å². The number of hydrogen-bond donors (Lipinski definition) is 3. The number of carbonyl (C=O) groups is 1. The number of nitrogens with zero attached hydrogens (tertiary/aromatic N) is 2. The van der Waals surface area contributed by atoms with Gasteiger partial charge in [0.15, 0.2) is 0 Å². The number of rotatable bonds is 6. The van der Waals surface area contributed by atoms with Crippen LogP contribution in [0.15, 0.2) is 36.5 Å². The van der Waals surface area contributed by atoms with Crippen molar-refractivity contribution >= 4 is 23.1 Å². The predicted molar refractivity (Wildman–Crippen MR) is 82.7 cm³/mol. The first-order valence-corrected chi connectivity index (χ1v) is 6.54. The van der Waals surface area contributed by atoms with E-state index in [1.54, 1.807) is 13.1 Å². The summed E-state index contributed by atoms with van der Waals surface area (Å²) < 4.78 is 5.54. The highest BCUT2D eigenvalue weighted by Crippen LogP contribution is 2.31. The molecule has 2 rings (SSSR count). The summed E-state index contributed by atoms with van der Waals surface area (Å²) in [5.74, 6) is 0.188. The van der Waals surface area contributed by atoms with Crippen molar-refractivity contribution in [2.75, 3.05) is 24.3 Å². The molecule has 3 N–H and O–H groups in total. The normalized spacial score (nSPS) is 10.0. The summed E-state index contributed by atoms with van der Waals surface area (Å²) >= 11 is 0. The first-order valence-electron chi connectivity index (χ1n) is 6.54. The van der Waals surface area contributed by atoms with Crippen molar-refractivity contribution in [3.63, 3.8) is 0 Å². The molecule has 0 fully saturated rings. The molecule has 1 amide bonds. The number of amides is 1. The molecule has 1 heterocycles.